The second-order valence-electron chi connectivity index (χ2n) is 3.66. The predicted octanol–water partition coefficient (Wildman–Crippen LogP) is 0.395. The Bertz CT molecular complexity index is 534. The molecule has 0 spiro atoms. The molecule has 1 aromatic rings. The van der Waals surface area contributed by atoms with Gasteiger partial charge in [-0.3, -0.25) is 0 Å². The van der Waals surface area contributed by atoms with Gasteiger partial charge in [-0.1, -0.05) is 18.2 Å². The highest BCUT2D eigenvalue weighted by Crippen LogP contribution is 2.33. The van der Waals surface area contributed by atoms with Crippen molar-refractivity contribution in [2.45, 2.75) is 11.0 Å². The number of hydrogen-bond acceptors (Lipinski definition) is 4. The molecular formula is C11H13NO3S. The summed E-state index contributed by atoms with van der Waals surface area (Å²) >= 11 is 0. The lowest BCUT2D eigenvalue weighted by molar-refractivity contribution is 0.218. The summed E-state index contributed by atoms with van der Waals surface area (Å²) in [5.74, 6) is 0. The maximum absolute atomic E-state index is 12.0. The fraction of sp³-hybridized carbons (Fsp3) is 0.273. The molecule has 0 saturated heterocycles. The molecule has 4 nitrogen and oxygen atoms in total. The van der Waals surface area contributed by atoms with E-state index in [-0.39, 0.29) is 16.3 Å². The Morgan fingerprint density at radius 1 is 1.38 bits per heavy atom. The van der Waals surface area contributed by atoms with Gasteiger partial charge >= 0.3 is 0 Å². The number of sulfone groups is 1. The van der Waals surface area contributed by atoms with Crippen LogP contribution in [-0.2, 0) is 9.84 Å². The van der Waals surface area contributed by atoms with Crippen molar-refractivity contribution in [1.82, 2.24) is 5.32 Å². The van der Waals surface area contributed by atoms with Crippen LogP contribution >= 0.6 is 0 Å². The van der Waals surface area contributed by atoms with Crippen LogP contribution < -0.4 is 5.32 Å². The normalized spacial score (nSPS) is 19.0. The van der Waals surface area contributed by atoms with E-state index < -0.39 is 15.9 Å². The molecule has 5 heteroatoms. The lowest BCUT2D eigenvalue weighted by atomic mass is 10.2. The summed E-state index contributed by atoms with van der Waals surface area (Å²) in [6.07, 6.45) is 0.537. The van der Waals surface area contributed by atoms with E-state index in [1.165, 1.54) is 6.08 Å². The van der Waals surface area contributed by atoms with Gasteiger partial charge in [-0.05, 0) is 24.8 Å². The first-order valence-electron chi connectivity index (χ1n) is 4.95. The van der Waals surface area contributed by atoms with Gasteiger partial charge in [0.2, 0.25) is 9.84 Å². The fourth-order valence-electron chi connectivity index (χ4n) is 1.77. The summed E-state index contributed by atoms with van der Waals surface area (Å²) in [6.45, 7) is 0.221. The summed E-state index contributed by atoms with van der Waals surface area (Å²) in [6, 6.07) is 6.74. The molecule has 16 heavy (non-hydrogen) atoms. The van der Waals surface area contributed by atoms with Gasteiger partial charge < -0.3 is 10.4 Å². The Morgan fingerprint density at radius 3 is 2.69 bits per heavy atom. The average molecular weight is 239 g/mol. The molecule has 0 amide bonds. The zero-order chi connectivity index (χ0) is 11.8. The standard InChI is InChI=1S/C11H13NO3S/c1-12-7-9(13)11-6-8-4-2-3-5-10(8)16(11,14)15/h2-6,9,12-13H,7H2,1H3. The van der Waals surface area contributed by atoms with Crippen molar-refractivity contribution >= 4 is 15.9 Å². The number of aliphatic hydroxyl groups is 1. The first-order valence-corrected chi connectivity index (χ1v) is 6.44. The van der Waals surface area contributed by atoms with Crippen molar-refractivity contribution in [1.29, 1.82) is 0 Å². The van der Waals surface area contributed by atoms with Crippen LogP contribution in [0.4, 0.5) is 0 Å². The minimum Gasteiger partial charge on any atom is -0.386 e. The molecule has 0 saturated carbocycles. The van der Waals surface area contributed by atoms with E-state index in [1.807, 2.05) is 0 Å². The van der Waals surface area contributed by atoms with Crippen LogP contribution in [0.25, 0.3) is 6.08 Å². The van der Waals surface area contributed by atoms with Gasteiger partial charge in [-0.15, -0.1) is 0 Å². The smallest absolute Gasteiger partial charge is 0.206 e. The lowest BCUT2D eigenvalue weighted by Gasteiger charge is -2.10. The van der Waals surface area contributed by atoms with Crippen LogP contribution in [0.5, 0.6) is 0 Å². The number of nitrogens with one attached hydrogen (secondary N) is 1. The maximum Gasteiger partial charge on any atom is 0.206 e. The van der Waals surface area contributed by atoms with Crippen LogP contribution in [0.3, 0.4) is 0 Å². The Hall–Kier alpha value is -1.17. The third kappa shape index (κ3) is 1.67. The van der Waals surface area contributed by atoms with E-state index in [0.717, 1.165) is 0 Å². The number of aliphatic hydroxyl groups excluding tert-OH is 1. The summed E-state index contributed by atoms with van der Waals surface area (Å²) in [5.41, 5.74) is 0.646. The van der Waals surface area contributed by atoms with E-state index >= 15 is 0 Å². The average Bonchev–Trinajstić information content (AvgIpc) is 2.52. The summed E-state index contributed by atoms with van der Waals surface area (Å²) < 4.78 is 24.1. The summed E-state index contributed by atoms with van der Waals surface area (Å²) in [7, 11) is -1.83. The molecule has 0 bridgehead atoms. The van der Waals surface area contributed by atoms with Gasteiger partial charge in [0.05, 0.1) is 9.80 Å². The largest absolute Gasteiger partial charge is 0.386 e. The van der Waals surface area contributed by atoms with Gasteiger partial charge in [-0.2, -0.15) is 0 Å². The minimum absolute atomic E-state index is 0.0723. The molecule has 0 aliphatic carbocycles. The molecule has 1 aromatic carbocycles. The third-order valence-electron chi connectivity index (χ3n) is 2.54. The van der Waals surface area contributed by atoms with Crippen molar-refractivity contribution in [3.8, 4) is 0 Å². The zero-order valence-electron chi connectivity index (χ0n) is 8.84. The second kappa shape index (κ2) is 4.01. The number of likely N-dealkylation sites (N-methyl/N-ethyl adjacent to an activating group) is 1. The molecule has 2 rings (SSSR count). The summed E-state index contributed by atoms with van der Waals surface area (Å²) in [4.78, 5) is 0.350. The zero-order valence-corrected chi connectivity index (χ0v) is 9.66. The molecule has 0 fully saturated rings. The molecule has 2 N–H and O–H groups in total. The molecular weight excluding hydrogens is 226 g/mol. The van der Waals surface area contributed by atoms with Crippen LogP contribution in [0.15, 0.2) is 34.1 Å². The molecule has 86 valence electrons. The van der Waals surface area contributed by atoms with E-state index in [2.05, 4.69) is 5.32 Å². The second-order valence-corrected chi connectivity index (χ2v) is 5.58. The lowest BCUT2D eigenvalue weighted by Crippen LogP contribution is -2.27. The van der Waals surface area contributed by atoms with Gasteiger partial charge in [0, 0.05) is 6.54 Å². The van der Waals surface area contributed by atoms with E-state index in [4.69, 9.17) is 0 Å². The Kier molecular flexibility index (Phi) is 2.84. The van der Waals surface area contributed by atoms with Crippen molar-refractivity contribution in [3.05, 3.63) is 34.7 Å². The molecule has 1 aliphatic rings. The minimum atomic E-state index is -3.50. The highest BCUT2D eigenvalue weighted by atomic mass is 32.2. The van der Waals surface area contributed by atoms with Crippen LogP contribution in [0.2, 0.25) is 0 Å². The number of rotatable bonds is 3. The highest BCUT2D eigenvalue weighted by Gasteiger charge is 2.33. The number of hydrogen-bond donors (Lipinski definition) is 2. The van der Waals surface area contributed by atoms with Crippen molar-refractivity contribution in [2.24, 2.45) is 0 Å². The van der Waals surface area contributed by atoms with E-state index in [0.29, 0.717) is 5.56 Å². The predicted molar refractivity (Wildman–Crippen MR) is 61.5 cm³/mol. The molecule has 0 radical (unpaired) electrons. The van der Waals surface area contributed by atoms with Gasteiger partial charge in [0.1, 0.15) is 6.10 Å². The monoisotopic (exact) mass is 239 g/mol. The Balaban J connectivity index is 2.47. The molecule has 1 atom stereocenters. The number of fused-ring (bicyclic) bond motifs is 1. The SMILES string of the molecule is CNCC(O)C1=Cc2ccccc2S1(=O)=O. The topological polar surface area (TPSA) is 66.4 Å². The van der Waals surface area contributed by atoms with Crippen LogP contribution in [0, 0.1) is 0 Å². The quantitative estimate of drug-likeness (QED) is 0.801. The molecule has 0 aromatic heterocycles. The molecule has 1 aliphatic heterocycles. The summed E-state index contributed by atoms with van der Waals surface area (Å²) in [5, 5.41) is 12.5. The fourth-order valence-corrected chi connectivity index (χ4v) is 3.44. The Labute approximate surface area is 94.5 Å². The third-order valence-corrected chi connectivity index (χ3v) is 4.50. The van der Waals surface area contributed by atoms with Crippen molar-refractivity contribution in [2.75, 3.05) is 13.6 Å². The van der Waals surface area contributed by atoms with E-state index in [1.54, 1.807) is 31.3 Å². The molecule has 1 unspecified atom stereocenters. The highest BCUT2D eigenvalue weighted by molar-refractivity contribution is 7.96. The van der Waals surface area contributed by atoms with Crippen molar-refractivity contribution in [3.63, 3.8) is 0 Å². The van der Waals surface area contributed by atoms with E-state index in [9.17, 15) is 13.5 Å². The van der Waals surface area contributed by atoms with Crippen LogP contribution in [0.1, 0.15) is 5.56 Å². The van der Waals surface area contributed by atoms with Gasteiger partial charge in [-0.25, -0.2) is 8.42 Å². The van der Waals surface area contributed by atoms with Crippen LogP contribution in [-0.4, -0.2) is 33.2 Å². The molecule has 1 heterocycles. The Morgan fingerprint density at radius 2 is 2.06 bits per heavy atom. The maximum atomic E-state index is 12.0. The first-order chi connectivity index (χ1) is 7.57. The van der Waals surface area contributed by atoms with Gasteiger partial charge in [0.25, 0.3) is 0 Å². The van der Waals surface area contributed by atoms with Crippen molar-refractivity contribution < 1.29 is 13.5 Å². The first kappa shape index (κ1) is 11.3. The van der Waals surface area contributed by atoms with Gasteiger partial charge in [0.15, 0.2) is 0 Å². The number of benzene rings is 1.